The smallest absolute Gasteiger partial charge is 0.213 e. The van der Waals surface area contributed by atoms with E-state index in [2.05, 4.69) is 103 Å². The summed E-state index contributed by atoms with van der Waals surface area (Å²) in [5, 5.41) is 5.27. The van der Waals surface area contributed by atoms with E-state index in [0.717, 1.165) is 13.1 Å². The van der Waals surface area contributed by atoms with Gasteiger partial charge in [-0.15, -0.1) is 0 Å². The topological polar surface area (TPSA) is 7.12 Å². The van der Waals surface area contributed by atoms with Gasteiger partial charge in [0.25, 0.3) is 0 Å². The summed E-state index contributed by atoms with van der Waals surface area (Å²) in [5.74, 6) is 0. The number of rotatable bonds is 3. The second-order valence-electron chi connectivity index (χ2n) is 7.54. The number of anilines is 1. The minimum absolute atomic E-state index is 0.961. The molecule has 0 bridgehead atoms. The van der Waals surface area contributed by atoms with Crippen LogP contribution in [0.1, 0.15) is 25.0 Å². The van der Waals surface area contributed by atoms with Gasteiger partial charge in [-0.3, -0.25) is 0 Å². The van der Waals surface area contributed by atoms with Crippen molar-refractivity contribution in [2.75, 3.05) is 11.4 Å². The number of pyridine rings is 1. The van der Waals surface area contributed by atoms with Crippen molar-refractivity contribution in [2.45, 2.75) is 32.2 Å². The zero-order valence-corrected chi connectivity index (χ0v) is 18.0. The summed E-state index contributed by atoms with van der Waals surface area (Å²) >= 11 is 1.90. The number of aryl methyl sites for hydroxylation is 2. The first kappa shape index (κ1) is 18.3. The molecule has 1 aliphatic heterocycles. The van der Waals surface area contributed by atoms with Gasteiger partial charge in [0.15, 0.2) is 6.20 Å². The van der Waals surface area contributed by atoms with Crippen LogP contribution in [0.4, 0.5) is 5.69 Å². The Labute approximate surface area is 176 Å². The summed E-state index contributed by atoms with van der Waals surface area (Å²) in [6, 6.07) is 22.2. The molecular weight excluding hydrogens is 372 g/mol. The van der Waals surface area contributed by atoms with E-state index in [1.165, 1.54) is 48.4 Å². The number of thioether (sulfide) groups is 1. The summed E-state index contributed by atoms with van der Waals surface area (Å²) in [6.45, 7) is 8.54. The first-order valence-corrected chi connectivity index (χ1v) is 11.1. The van der Waals surface area contributed by atoms with E-state index in [4.69, 9.17) is 0 Å². The molecule has 0 aliphatic carbocycles. The maximum absolute atomic E-state index is 2.44. The van der Waals surface area contributed by atoms with Crippen LogP contribution >= 0.6 is 11.8 Å². The van der Waals surface area contributed by atoms with E-state index >= 15 is 0 Å². The molecule has 29 heavy (non-hydrogen) atoms. The number of benzene rings is 3. The Morgan fingerprint density at radius 2 is 1.83 bits per heavy atom. The van der Waals surface area contributed by atoms with Crippen molar-refractivity contribution >= 4 is 45.2 Å². The number of fused-ring (bicyclic) bond motifs is 4. The third-order valence-corrected chi connectivity index (χ3v) is 6.95. The van der Waals surface area contributed by atoms with E-state index in [0.29, 0.717) is 0 Å². The van der Waals surface area contributed by atoms with Crippen LogP contribution in [-0.2, 0) is 6.54 Å². The molecule has 3 heteroatoms. The molecule has 5 rings (SSSR count). The molecule has 0 fully saturated rings. The molecule has 2 nitrogen and oxygen atoms in total. The van der Waals surface area contributed by atoms with Crippen LogP contribution in [0.3, 0.4) is 0 Å². The normalized spacial score (nSPS) is 14.9. The molecule has 0 saturated carbocycles. The zero-order chi connectivity index (χ0) is 20.0. The molecular formula is C26H25N2S+. The first-order chi connectivity index (χ1) is 14.2. The molecule has 3 aromatic carbocycles. The molecule has 0 radical (unpaired) electrons. The molecule has 144 valence electrons. The van der Waals surface area contributed by atoms with Crippen LogP contribution < -0.4 is 9.47 Å². The fourth-order valence-corrected chi connectivity index (χ4v) is 5.58. The highest BCUT2D eigenvalue weighted by atomic mass is 32.2. The Kier molecular flexibility index (Phi) is 4.56. The Hall–Kier alpha value is -2.78. The SMILES string of the molecule is CCN1/C(=C/c2cc[n+](CC)c3ccc(C)cc23)Sc2c1ccc1ccccc21. The molecule has 0 N–H and O–H groups in total. The monoisotopic (exact) mass is 397 g/mol. The van der Waals surface area contributed by atoms with Crippen molar-refractivity contribution in [3.8, 4) is 0 Å². The highest BCUT2D eigenvalue weighted by Crippen LogP contribution is 2.49. The van der Waals surface area contributed by atoms with Gasteiger partial charge in [-0.05, 0) is 55.3 Å². The van der Waals surface area contributed by atoms with Gasteiger partial charge in [0, 0.05) is 23.6 Å². The molecule has 4 aromatic rings. The van der Waals surface area contributed by atoms with E-state index < -0.39 is 0 Å². The third-order valence-electron chi connectivity index (χ3n) is 5.76. The van der Waals surface area contributed by atoms with Gasteiger partial charge in [0.05, 0.1) is 16.1 Å². The maximum atomic E-state index is 2.44. The molecule has 0 spiro atoms. The molecule has 0 unspecified atom stereocenters. The quantitative estimate of drug-likeness (QED) is 0.362. The number of hydrogen-bond donors (Lipinski definition) is 0. The second-order valence-corrected chi connectivity index (χ2v) is 8.57. The van der Waals surface area contributed by atoms with E-state index in [-0.39, 0.29) is 0 Å². The molecule has 0 atom stereocenters. The number of hydrogen-bond acceptors (Lipinski definition) is 2. The second kappa shape index (κ2) is 7.23. The average molecular weight is 398 g/mol. The Balaban J connectivity index is 1.68. The lowest BCUT2D eigenvalue weighted by atomic mass is 10.1. The number of nitrogens with zero attached hydrogens (tertiary/aromatic N) is 2. The Morgan fingerprint density at radius 3 is 2.66 bits per heavy atom. The highest BCUT2D eigenvalue weighted by molar-refractivity contribution is 8.04. The standard InChI is InChI=1S/C26H25N2S/c1-4-27-15-14-20(22-16-18(3)10-12-23(22)27)17-25-28(5-2)24-13-11-19-8-6-7-9-21(19)26(24)29-25/h6-17H,4-5H2,1-3H3/q+1. The van der Waals surface area contributed by atoms with Gasteiger partial charge < -0.3 is 4.90 Å². The first-order valence-electron chi connectivity index (χ1n) is 10.3. The lowest BCUT2D eigenvalue weighted by molar-refractivity contribution is -0.667. The predicted octanol–water partition coefficient (Wildman–Crippen LogP) is 6.54. The molecule has 0 amide bonds. The summed E-state index contributed by atoms with van der Waals surface area (Å²) in [7, 11) is 0. The van der Waals surface area contributed by atoms with Crippen molar-refractivity contribution in [3.05, 3.63) is 83.0 Å². The van der Waals surface area contributed by atoms with Gasteiger partial charge in [0.2, 0.25) is 5.52 Å². The minimum Gasteiger partial charge on any atom is -0.335 e. The lowest BCUT2D eigenvalue weighted by Crippen LogP contribution is -2.32. The van der Waals surface area contributed by atoms with Crippen molar-refractivity contribution in [2.24, 2.45) is 0 Å². The van der Waals surface area contributed by atoms with Crippen molar-refractivity contribution in [1.82, 2.24) is 0 Å². The average Bonchev–Trinajstić information content (AvgIpc) is 3.11. The Morgan fingerprint density at radius 1 is 0.966 bits per heavy atom. The van der Waals surface area contributed by atoms with Gasteiger partial charge in [0.1, 0.15) is 6.54 Å². The van der Waals surface area contributed by atoms with Crippen LogP contribution in [0.15, 0.2) is 76.8 Å². The predicted molar refractivity (Wildman–Crippen MR) is 125 cm³/mol. The minimum atomic E-state index is 0.961. The van der Waals surface area contributed by atoms with Crippen LogP contribution in [0, 0.1) is 6.92 Å². The van der Waals surface area contributed by atoms with E-state index in [9.17, 15) is 0 Å². The fraction of sp³-hybridized carbons (Fsp3) is 0.192. The van der Waals surface area contributed by atoms with Gasteiger partial charge in [-0.1, -0.05) is 53.7 Å². The van der Waals surface area contributed by atoms with Gasteiger partial charge in [-0.25, -0.2) is 0 Å². The van der Waals surface area contributed by atoms with E-state index in [1.54, 1.807) is 0 Å². The zero-order valence-electron chi connectivity index (χ0n) is 17.1. The van der Waals surface area contributed by atoms with Crippen molar-refractivity contribution in [1.29, 1.82) is 0 Å². The van der Waals surface area contributed by atoms with Crippen LogP contribution in [0.2, 0.25) is 0 Å². The largest absolute Gasteiger partial charge is 0.335 e. The molecule has 1 aliphatic rings. The maximum Gasteiger partial charge on any atom is 0.213 e. The molecule has 2 heterocycles. The van der Waals surface area contributed by atoms with Crippen LogP contribution in [0.5, 0.6) is 0 Å². The van der Waals surface area contributed by atoms with Crippen molar-refractivity contribution < 1.29 is 4.57 Å². The van der Waals surface area contributed by atoms with Gasteiger partial charge in [-0.2, -0.15) is 4.57 Å². The number of aromatic nitrogens is 1. The van der Waals surface area contributed by atoms with Crippen LogP contribution in [0.25, 0.3) is 27.8 Å². The van der Waals surface area contributed by atoms with Crippen LogP contribution in [-0.4, -0.2) is 6.54 Å². The Bertz CT molecular complexity index is 1270. The summed E-state index contributed by atoms with van der Waals surface area (Å²) < 4.78 is 2.32. The van der Waals surface area contributed by atoms with E-state index in [1.807, 2.05) is 11.8 Å². The lowest BCUT2D eigenvalue weighted by Gasteiger charge is -2.18. The summed E-state index contributed by atoms with van der Waals surface area (Å²) in [4.78, 5) is 3.81. The fourth-order valence-electron chi connectivity index (χ4n) is 4.27. The van der Waals surface area contributed by atoms with Gasteiger partial charge >= 0.3 is 0 Å². The van der Waals surface area contributed by atoms with Crippen molar-refractivity contribution in [3.63, 3.8) is 0 Å². The summed E-state index contributed by atoms with van der Waals surface area (Å²) in [5.41, 5.74) is 5.20. The highest BCUT2D eigenvalue weighted by Gasteiger charge is 2.26. The third kappa shape index (κ3) is 3.01. The summed E-state index contributed by atoms with van der Waals surface area (Å²) in [6.07, 6.45) is 4.58. The molecule has 1 aromatic heterocycles. The molecule has 0 saturated heterocycles.